The maximum absolute atomic E-state index is 14.3. The van der Waals surface area contributed by atoms with Gasteiger partial charge < -0.3 is 19.3 Å². The van der Waals surface area contributed by atoms with E-state index in [-0.39, 0.29) is 28.3 Å². The van der Waals surface area contributed by atoms with Crippen LogP contribution >= 0.6 is 23.2 Å². The first-order valence-electron chi connectivity index (χ1n) is 11.9. The fourth-order valence-electron chi connectivity index (χ4n) is 3.84. The monoisotopic (exact) mass is 567 g/mol. The zero-order valence-corrected chi connectivity index (χ0v) is 22.9. The summed E-state index contributed by atoms with van der Waals surface area (Å²) in [6.07, 6.45) is 2.15. The van der Waals surface area contributed by atoms with Gasteiger partial charge in [-0.2, -0.15) is 0 Å². The minimum absolute atomic E-state index is 0.00962. The van der Waals surface area contributed by atoms with Crippen molar-refractivity contribution < 1.29 is 38.1 Å². The second-order valence-electron chi connectivity index (χ2n) is 9.10. The molecule has 2 aromatic carbocycles. The van der Waals surface area contributed by atoms with Gasteiger partial charge in [0.15, 0.2) is 11.9 Å². The van der Waals surface area contributed by atoms with Crippen molar-refractivity contribution in [3.8, 4) is 11.5 Å². The number of nitrogens with zero attached hydrogens (tertiary/aromatic N) is 1. The van der Waals surface area contributed by atoms with Crippen LogP contribution < -0.4 is 14.4 Å². The van der Waals surface area contributed by atoms with Crippen LogP contribution in [-0.4, -0.2) is 35.3 Å². The van der Waals surface area contributed by atoms with E-state index in [9.17, 15) is 18.8 Å². The van der Waals surface area contributed by atoms with E-state index in [1.807, 2.05) is 6.92 Å². The summed E-state index contributed by atoms with van der Waals surface area (Å²) in [5, 5.41) is 9.35. The van der Waals surface area contributed by atoms with Crippen LogP contribution in [0.2, 0.25) is 10.0 Å². The summed E-state index contributed by atoms with van der Waals surface area (Å²) in [6.45, 7) is 6.57. The maximum atomic E-state index is 14.3. The van der Waals surface area contributed by atoms with E-state index >= 15 is 0 Å². The average molecular weight is 568 g/mol. The summed E-state index contributed by atoms with van der Waals surface area (Å²) in [5.74, 6) is -1.77. The molecule has 1 N–H and O–H groups in total. The van der Waals surface area contributed by atoms with Crippen LogP contribution in [0.4, 0.5) is 14.9 Å². The standard InChI is InChI=1S/C17H17ClFNO4.C10H11ClO3/c1-9(2)15-16(21)20(17(22)24-15)13-8-14(11(18)7-12(13)19)23-10-5-3-4-6-10;1-6-5-8(11)3-4-9(6)14-7(2)10(12)13/h7-8,10H,3-6H2,1-2H3;3-5,7H,1-2H3,(H,12,13). The van der Waals surface area contributed by atoms with Crippen molar-refractivity contribution in [3.05, 3.63) is 63.1 Å². The molecule has 1 atom stereocenters. The molecule has 0 bridgehead atoms. The Kier molecular flexibility index (Phi) is 9.62. The molecule has 1 saturated heterocycles. The molecule has 204 valence electrons. The molecule has 1 aliphatic carbocycles. The summed E-state index contributed by atoms with van der Waals surface area (Å²) in [7, 11) is 0. The number of hydrogen-bond donors (Lipinski definition) is 1. The van der Waals surface area contributed by atoms with Crippen LogP contribution in [0.1, 0.15) is 52.0 Å². The van der Waals surface area contributed by atoms with Crippen molar-refractivity contribution in [2.75, 3.05) is 4.90 Å². The Hall–Kier alpha value is -3.30. The highest BCUT2D eigenvalue weighted by Crippen LogP contribution is 2.37. The number of carbonyl (C=O) groups excluding carboxylic acids is 2. The SMILES string of the molecule is CC(C)=C1OC(=O)N(c2cc(OC3CCCC3)c(Cl)cc2F)C1=O.Cc1cc(Cl)ccc1OC(C)C(=O)O. The minimum Gasteiger partial charge on any atom is -0.489 e. The Morgan fingerprint density at radius 2 is 1.79 bits per heavy atom. The number of allylic oxidation sites excluding steroid dienone is 1. The molecule has 0 spiro atoms. The molecule has 1 saturated carbocycles. The number of carbonyl (C=O) groups is 3. The summed E-state index contributed by atoms with van der Waals surface area (Å²) in [4.78, 5) is 35.5. The molecular weight excluding hydrogens is 540 g/mol. The molecular formula is C27H28Cl2FNO7. The fraction of sp³-hybridized carbons (Fsp3) is 0.370. The molecule has 2 aliphatic rings. The lowest BCUT2D eigenvalue weighted by atomic mass is 10.2. The summed E-state index contributed by atoms with van der Waals surface area (Å²) in [6, 6.07) is 7.38. The van der Waals surface area contributed by atoms with Gasteiger partial charge in [-0.05, 0) is 88.8 Å². The number of cyclic esters (lactones) is 1. The normalized spacial score (nSPS) is 16.1. The molecule has 0 aromatic heterocycles. The highest BCUT2D eigenvalue weighted by Gasteiger charge is 2.40. The fourth-order valence-corrected chi connectivity index (χ4v) is 4.26. The Labute approximate surface area is 229 Å². The van der Waals surface area contributed by atoms with E-state index in [1.165, 1.54) is 13.0 Å². The lowest BCUT2D eigenvalue weighted by Gasteiger charge is -2.18. The zero-order chi connectivity index (χ0) is 28.1. The van der Waals surface area contributed by atoms with Crippen molar-refractivity contribution in [2.45, 2.75) is 65.6 Å². The third-order valence-electron chi connectivity index (χ3n) is 5.85. The van der Waals surface area contributed by atoms with Gasteiger partial charge in [-0.3, -0.25) is 4.79 Å². The number of carboxylic acids is 1. The number of aliphatic carboxylic acids is 1. The van der Waals surface area contributed by atoms with Gasteiger partial charge in [-0.15, -0.1) is 0 Å². The second-order valence-corrected chi connectivity index (χ2v) is 9.95. The van der Waals surface area contributed by atoms with Crippen LogP contribution in [0.3, 0.4) is 0 Å². The Morgan fingerprint density at radius 1 is 1.13 bits per heavy atom. The van der Waals surface area contributed by atoms with Gasteiger partial charge in [0, 0.05) is 11.1 Å². The van der Waals surface area contributed by atoms with Crippen molar-refractivity contribution >= 4 is 46.9 Å². The Bertz CT molecular complexity index is 1270. The Morgan fingerprint density at radius 3 is 2.34 bits per heavy atom. The van der Waals surface area contributed by atoms with Gasteiger partial charge >= 0.3 is 18.0 Å². The number of halogens is 3. The van der Waals surface area contributed by atoms with Gasteiger partial charge in [0.1, 0.15) is 17.3 Å². The number of anilines is 1. The first-order chi connectivity index (χ1) is 17.9. The van der Waals surface area contributed by atoms with E-state index < -0.39 is 29.9 Å². The van der Waals surface area contributed by atoms with Crippen LogP contribution in [0, 0.1) is 12.7 Å². The zero-order valence-electron chi connectivity index (χ0n) is 21.3. The highest BCUT2D eigenvalue weighted by molar-refractivity contribution is 6.32. The number of aryl methyl sites for hydroxylation is 1. The summed E-state index contributed by atoms with van der Waals surface area (Å²) in [5.41, 5.74) is 1.14. The van der Waals surface area contributed by atoms with E-state index in [1.54, 1.807) is 32.0 Å². The van der Waals surface area contributed by atoms with Crippen LogP contribution in [0.25, 0.3) is 0 Å². The summed E-state index contributed by atoms with van der Waals surface area (Å²) >= 11 is 11.8. The molecule has 1 unspecified atom stereocenters. The van der Waals surface area contributed by atoms with Crippen LogP contribution in [0.15, 0.2) is 41.7 Å². The largest absolute Gasteiger partial charge is 0.489 e. The molecule has 2 amide bonds. The molecule has 11 heteroatoms. The number of imide groups is 1. The molecule has 8 nitrogen and oxygen atoms in total. The topological polar surface area (TPSA) is 102 Å². The maximum Gasteiger partial charge on any atom is 0.427 e. The summed E-state index contributed by atoms with van der Waals surface area (Å²) < 4.78 is 30.3. The average Bonchev–Trinajstić information content (AvgIpc) is 3.45. The molecule has 0 radical (unpaired) electrons. The predicted octanol–water partition coefficient (Wildman–Crippen LogP) is 7.08. The van der Waals surface area contributed by atoms with E-state index in [0.717, 1.165) is 37.3 Å². The first-order valence-corrected chi connectivity index (χ1v) is 12.7. The van der Waals surface area contributed by atoms with Gasteiger partial charge in [0.25, 0.3) is 0 Å². The third-order valence-corrected chi connectivity index (χ3v) is 6.38. The predicted molar refractivity (Wildman–Crippen MR) is 141 cm³/mol. The van der Waals surface area contributed by atoms with Gasteiger partial charge in [0.2, 0.25) is 0 Å². The van der Waals surface area contributed by atoms with E-state index in [4.69, 9.17) is 42.5 Å². The number of hydrogen-bond acceptors (Lipinski definition) is 6. The molecule has 4 rings (SSSR count). The quantitative estimate of drug-likeness (QED) is 0.372. The lowest BCUT2D eigenvalue weighted by Crippen LogP contribution is -2.29. The number of benzene rings is 2. The van der Waals surface area contributed by atoms with Gasteiger partial charge in [-0.25, -0.2) is 18.9 Å². The van der Waals surface area contributed by atoms with Crippen molar-refractivity contribution in [3.63, 3.8) is 0 Å². The van der Waals surface area contributed by atoms with Crippen molar-refractivity contribution in [1.82, 2.24) is 0 Å². The number of amides is 2. The van der Waals surface area contributed by atoms with Gasteiger partial charge in [-0.1, -0.05) is 23.2 Å². The molecule has 2 fully saturated rings. The van der Waals surface area contributed by atoms with E-state index in [0.29, 0.717) is 21.2 Å². The van der Waals surface area contributed by atoms with Crippen molar-refractivity contribution in [1.29, 1.82) is 0 Å². The number of ether oxygens (including phenoxy) is 3. The smallest absolute Gasteiger partial charge is 0.427 e. The molecule has 38 heavy (non-hydrogen) atoms. The van der Waals surface area contributed by atoms with Crippen molar-refractivity contribution in [2.24, 2.45) is 0 Å². The Balaban J connectivity index is 0.000000244. The first kappa shape index (κ1) is 29.3. The minimum atomic E-state index is -0.987. The third kappa shape index (κ3) is 6.96. The van der Waals surface area contributed by atoms with E-state index in [2.05, 4.69) is 0 Å². The molecule has 1 heterocycles. The van der Waals surface area contributed by atoms with Crippen LogP contribution in [-0.2, 0) is 14.3 Å². The highest BCUT2D eigenvalue weighted by atomic mass is 35.5. The second kappa shape index (κ2) is 12.5. The van der Waals surface area contributed by atoms with Crippen LogP contribution in [0.5, 0.6) is 11.5 Å². The number of carboxylic acid groups (broad SMARTS) is 1. The lowest BCUT2D eigenvalue weighted by molar-refractivity contribution is -0.144. The van der Waals surface area contributed by atoms with Gasteiger partial charge in [0.05, 0.1) is 16.8 Å². The number of rotatable bonds is 6. The molecule has 2 aromatic rings. The molecule has 1 aliphatic heterocycles.